The summed E-state index contributed by atoms with van der Waals surface area (Å²) in [7, 11) is 0. The molecule has 1 fully saturated rings. The molecule has 3 rings (SSSR count). The first-order chi connectivity index (χ1) is 9.13. The van der Waals surface area contributed by atoms with Crippen LogP contribution in [-0.4, -0.2) is 37.5 Å². The van der Waals surface area contributed by atoms with Crippen LogP contribution in [-0.2, 0) is 0 Å². The van der Waals surface area contributed by atoms with Gasteiger partial charge in [0.2, 0.25) is 5.28 Å². The van der Waals surface area contributed by atoms with E-state index in [-0.39, 0.29) is 11.3 Å². The highest BCUT2D eigenvalue weighted by molar-refractivity contribution is 6.28. The van der Waals surface area contributed by atoms with Crippen molar-refractivity contribution in [1.29, 1.82) is 0 Å². The summed E-state index contributed by atoms with van der Waals surface area (Å²) in [5, 5.41) is 16.3. The molecule has 0 saturated heterocycles. The molecule has 100 valence electrons. The van der Waals surface area contributed by atoms with E-state index < -0.39 is 6.09 Å². The molecule has 0 spiro atoms. The van der Waals surface area contributed by atoms with E-state index in [1.165, 1.54) is 0 Å². The molecule has 7 nitrogen and oxygen atoms in total. The van der Waals surface area contributed by atoms with Crippen molar-refractivity contribution in [3.05, 3.63) is 17.7 Å². The molecular weight excluding hydrogens is 270 g/mol. The summed E-state index contributed by atoms with van der Waals surface area (Å²) in [5.41, 5.74) is 0.731. The van der Waals surface area contributed by atoms with Crippen LogP contribution in [0.4, 0.5) is 4.79 Å². The van der Waals surface area contributed by atoms with E-state index in [4.69, 9.17) is 16.7 Å². The minimum Gasteiger partial charge on any atom is -0.465 e. The lowest BCUT2D eigenvalue weighted by Gasteiger charge is -2.35. The third kappa shape index (κ3) is 2.33. The number of amides is 1. The Morgan fingerprint density at radius 3 is 3.05 bits per heavy atom. The lowest BCUT2D eigenvalue weighted by atomic mass is 9.80. The van der Waals surface area contributed by atoms with Crippen LogP contribution in [0.3, 0.4) is 0 Å². The number of halogens is 1. The summed E-state index contributed by atoms with van der Waals surface area (Å²) in [6.07, 6.45) is 4.16. The van der Waals surface area contributed by atoms with Crippen molar-refractivity contribution >= 4 is 28.7 Å². The molecule has 0 unspecified atom stereocenters. The fourth-order valence-electron chi connectivity index (χ4n) is 2.38. The van der Waals surface area contributed by atoms with Crippen molar-refractivity contribution in [2.24, 2.45) is 5.92 Å². The van der Waals surface area contributed by atoms with Gasteiger partial charge in [-0.15, -0.1) is 0 Å². The summed E-state index contributed by atoms with van der Waals surface area (Å²) >= 11 is 5.79. The highest BCUT2D eigenvalue weighted by Crippen LogP contribution is 2.38. The van der Waals surface area contributed by atoms with Crippen molar-refractivity contribution in [3.8, 4) is 0 Å². The smallest absolute Gasteiger partial charge is 0.404 e. The maximum Gasteiger partial charge on any atom is 0.404 e. The van der Waals surface area contributed by atoms with Gasteiger partial charge in [0.15, 0.2) is 5.65 Å². The van der Waals surface area contributed by atoms with Crippen LogP contribution < -0.4 is 5.32 Å². The molecular formula is C11H12ClN5O2. The Kier molecular flexibility index (Phi) is 2.98. The molecule has 1 aliphatic carbocycles. The summed E-state index contributed by atoms with van der Waals surface area (Å²) in [4.78, 5) is 18.5. The van der Waals surface area contributed by atoms with Gasteiger partial charge in [0.05, 0.1) is 17.6 Å². The molecule has 0 atom stereocenters. The van der Waals surface area contributed by atoms with Crippen molar-refractivity contribution in [2.45, 2.75) is 18.9 Å². The predicted molar refractivity (Wildman–Crippen MR) is 68.1 cm³/mol. The summed E-state index contributed by atoms with van der Waals surface area (Å²) < 4.78 is 1.85. The number of nitrogens with zero attached hydrogens (tertiary/aromatic N) is 4. The van der Waals surface area contributed by atoms with E-state index in [0.717, 1.165) is 23.9 Å². The molecule has 0 bridgehead atoms. The SMILES string of the molecule is O=C(O)NCC1CC(n2ncc3cnc(Cl)nc32)C1. The summed E-state index contributed by atoms with van der Waals surface area (Å²) in [5.74, 6) is 0.359. The largest absolute Gasteiger partial charge is 0.465 e. The molecule has 0 radical (unpaired) electrons. The van der Waals surface area contributed by atoms with Crippen molar-refractivity contribution in [3.63, 3.8) is 0 Å². The number of nitrogens with one attached hydrogen (secondary N) is 1. The Morgan fingerprint density at radius 2 is 2.32 bits per heavy atom. The van der Waals surface area contributed by atoms with Gasteiger partial charge >= 0.3 is 6.09 Å². The van der Waals surface area contributed by atoms with Gasteiger partial charge in [-0.2, -0.15) is 10.1 Å². The van der Waals surface area contributed by atoms with Crippen LogP contribution in [0.15, 0.2) is 12.4 Å². The Bertz CT molecular complexity index is 623. The number of hydrogen-bond donors (Lipinski definition) is 2. The molecule has 19 heavy (non-hydrogen) atoms. The number of fused-ring (bicyclic) bond motifs is 1. The minimum absolute atomic E-state index is 0.206. The van der Waals surface area contributed by atoms with Crippen LogP contribution in [0, 0.1) is 5.92 Å². The van der Waals surface area contributed by atoms with Crippen LogP contribution in [0.25, 0.3) is 11.0 Å². The zero-order valence-corrected chi connectivity index (χ0v) is 10.7. The fourth-order valence-corrected chi connectivity index (χ4v) is 2.51. The molecule has 8 heteroatoms. The van der Waals surface area contributed by atoms with Crippen LogP contribution in [0.2, 0.25) is 5.28 Å². The maximum atomic E-state index is 10.4. The van der Waals surface area contributed by atoms with E-state index in [2.05, 4.69) is 20.4 Å². The number of carboxylic acid groups (broad SMARTS) is 1. The second-order valence-corrected chi connectivity index (χ2v) is 5.02. The van der Waals surface area contributed by atoms with Crippen LogP contribution in [0.5, 0.6) is 0 Å². The first-order valence-electron chi connectivity index (χ1n) is 5.96. The first kappa shape index (κ1) is 12.2. The van der Waals surface area contributed by atoms with E-state index in [9.17, 15) is 4.79 Å². The van der Waals surface area contributed by atoms with Gasteiger partial charge in [-0.1, -0.05) is 0 Å². The van der Waals surface area contributed by atoms with Crippen molar-refractivity contribution in [2.75, 3.05) is 6.54 Å². The second-order valence-electron chi connectivity index (χ2n) is 4.68. The molecule has 0 aromatic carbocycles. The lowest BCUT2D eigenvalue weighted by molar-refractivity contribution is 0.165. The maximum absolute atomic E-state index is 10.4. The zero-order chi connectivity index (χ0) is 13.4. The lowest BCUT2D eigenvalue weighted by Crippen LogP contribution is -2.36. The number of rotatable bonds is 3. The Hall–Kier alpha value is -1.89. The van der Waals surface area contributed by atoms with Gasteiger partial charge in [0.1, 0.15) is 0 Å². The standard InChI is InChI=1S/C11H12ClN5O2/c12-10-13-4-7-5-15-17(9(7)16-10)8-1-6(2-8)3-14-11(18)19/h4-6,8,14H,1-3H2,(H,18,19). The summed E-state index contributed by atoms with van der Waals surface area (Å²) in [6.45, 7) is 0.487. The average Bonchev–Trinajstić information content (AvgIpc) is 2.70. The predicted octanol–water partition coefficient (Wildman–Crippen LogP) is 1.70. The van der Waals surface area contributed by atoms with Crippen LogP contribution >= 0.6 is 11.6 Å². The molecule has 2 aromatic heterocycles. The first-order valence-corrected chi connectivity index (χ1v) is 6.34. The normalized spacial score (nSPS) is 22.2. The van der Waals surface area contributed by atoms with Gasteiger partial charge < -0.3 is 10.4 Å². The number of aromatic nitrogens is 4. The Balaban J connectivity index is 1.70. The van der Waals surface area contributed by atoms with Gasteiger partial charge in [-0.3, -0.25) is 0 Å². The Labute approximate surface area is 113 Å². The summed E-state index contributed by atoms with van der Waals surface area (Å²) in [6, 6.07) is 0.254. The number of hydrogen-bond acceptors (Lipinski definition) is 4. The van der Waals surface area contributed by atoms with Gasteiger partial charge in [-0.05, 0) is 30.4 Å². The highest BCUT2D eigenvalue weighted by atomic mass is 35.5. The topological polar surface area (TPSA) is 92.9 Å². The fraction of sp³-hybridized carbons (Fsp3) is 0.455. The Morgan fingerprint density at radius 1 is 1.53 bits per heavy atom. The minimum atomic E-state index is -0.979. The van der Waals surface area contributed by atoms with Gasteiger partial charge in [0.25, 0.3) is 0 Å². The third-order valence-corrected chi connectivity index (χ3v) is 3.59. The third-order valence-electron chi connectivity index (χ3n) is 3.40. The zero-order valence-electron chi connectivity index (χ0n) is 9.95. The molecule has 0 aliphatic heterocycles. The van der Waals surface area contributed by atoms with Gasteiger partial charge in [0, 0.05) is 12.7 Å². The van der Waals surface area contributed by atoms with Gasteiger partial charge in [-0.25, -0.2) is 14.5 Å². The molecule has 1 amide bonds. The number of carbonyl (C=O) groups is 1. The average molecular weight is 282 g/mol. The quantitative estimate of drug-likeness (QED) is 0.835. The van der Waals surface area contributed by atoms with E-state index in [1.54, 1.807) is 12.4 Å². The van der Waals surface area contributed by atoms with Crippen molar-refractivity contribution < 1.29 is 9.90 Å². The van der Waals surface area contributed by atoms with Crippen molar-refractivity contribution in [1.82, 2.24) is 25.1 Å². The van der Waals surface area contributed by atoms with E-state index >= 15 is 0 Å². The molecule has 2 heterocycles. The highest BCUT2D eigenvalue weighted by Gasteiger charge is 2.32. The van der Waals surface area contributed by atoms with E-state index in [0.29, 0.717) is 12.5 Å². The molecule has 2 aromatic rings. The molecule has 1 saturated carbocycles. The van der Waals surface area contributed by atoms with Crippen LogP contribution in [0.1, 0.15) is 18.9 Å². The molecule has 2 N–H and O–H groups in total. The van der Waals surface area contributed by atoms with E-state index in [1.807, 2.05) is 4.68 Å². The second kappa shape index (κ2) is 4.65. The molecule has 1 aliphatic rings. The monoisotopic (exact) mass is 281 g/mol.